The summed E-state index contributed by atoms with van der Waals surface area (Å²) in [6.07, 6.45) is 0. The van der Waals surface area contributed by atoms with Crippen molar-refractivity contribution in [2.45, 2.75) is 20.8 Å². The third kappa shape index (κ3) is 4.52. The summed E-state index contributed by atoms with van der Waals surface area (Å²) in [7, 11) is 0. The van der Waals surface area contributed by atoms with E-state index in [2.05, 4.69) is 20.8 Å². The minimum absolute atomic E-state index is 0.133. The molecule has 1 aromatic heterocycles. The highest BCUT2D eigenvalue weighted by Gasteiger charge is 2.14. The van der Waals surface area contributed by atoms with Crippen molar-refractivity contribution in [3.63, 3.8) is 0 Å². The highest BCUT2D eigenvalue weighted by atomic mass is 16.2. The van der Waals surface area contributed by atoms with Gasteiger partial charge in [-0.3, -0.25) is 9.59 Å². The number of benzene rings is 1. The third-order valence-corrected chi connectivity index (χ3v) is 3.39. The fourth-order valence-electron chi connectivity index (χ4n) is 2.21. The Morgan fingerprint density at radius 3 is 2.33 bits per heavy atom. The van der Waals surface area contributed by atoms with Crippen LogP contribution in [0.15, 0.2) is 36.4 Å². The number of nitrogens with zero attached hydrogens (tertiary/aromatic N) is 3. The number of amides is 2. The predicted octanol–water partition coefficient (Wildman–Crippen LogP) is 2.66. The average Bonchev–Trinajstić information content (AvgIpc) is 2.56. The largest absolute Gasteiger partial charge is 0.339 e. The fraction of sp³-hybridized carbons (Fsp3) is 0.294. The molecule has 0 bridgehead atoms. The second kappa shape index (κ2) is 8.05. The van der Waals surface area contributed by atoms with Crippen molar-refractivity contribution in [3.05, 3.63) is 42.1 Å². The van der Waals surface area contributed by atoms with Crippen LogP contribution in [0.5, 0.6) is 0 Å². The molecule has 2 N–H and O–H groups in total. The standard InChI is InChI=1S/C17H21N5O2/c1-4-22(5-2)17(24)15-9-10-16(21-20-15)19-14-8-6-7-13(11-14)18-12(3)23/h6-11H,4-5H2,1-3H3,(H,18,23)(H,19,21). The molecule has 0 saturated heterocycles. The summed E-state index contributed by atoms with van der Waals surface area (Å²) in [6, 6.07) is 10.6. The van der Waals surface area contributed by atoms with Gasteiger partial charge in [-0.1, -0.05) is 6.07 Å². The van der Waals surface area contributed by atoms with Crippen molar-refractivity contribution in [1.29, 1.82) is 0 Å². The van der Waals surface area contributed by atoms with Gasteiger partial charge in [0.2, 0.25) is 5.91 Å². The summed E-state index contributed by atoms with van der Waals surface area (Å²) < 4.78 is 0. The van der Waals surface area contributed by atoms with Crippen LogP contribution < -0.4 is 10.6 Å². The molecule has 0 atom stereocenters. The van der Waals surface area contributed by atoms with Crippen molar-refractivity contribution < 1.29 is 9.59 Å². The number of rotatable bonds is 6. The highest BCUT2D eigenvalue weighted by Crippen LogP contribution is 2.18. The monoisotopic (exact) mass is 327 g/mol. The molecular formula is C17H21N5O2. The molecule has 0 fully saturated rings. The minimum atomic E-state index is -0.133. The highest BCUT2D eigenvalue weighted by molar-refractivity contribution is 5.92. The van der Waals surface area contributed by atoms with Gasteiger partial charge in [-0.2, -0.15) is 0 Å². The van der Waals surface area contributed by atoms with Crippen LogP contribution in [0.25, 0.3) is 0 Å². The van der Waals surface area contributed by atoms with E-state index in [-0.39, 0.29) is 11.8 Å². The van der Waals surface area contributed by atoms with Crippen molar-refractivity contribution in [1.82, 2.24) is 15.1 Å². The Labute approximate surface area is 141 Å². The van der Waals surface area contributed by atoms with Crippen LogP contribution >= 0.6 is 0 Å². The molecule has 2 amide bonds. The van der Waals surface area contributed by atoms with Crippen LogP contribution in [0, 0.1) is 0 Å². The van der Waals surface area contributed by atoms with Crippen LogP contribution in [-0.4, -0.2) is 40.0 Å². The lowest BCUT2D eigenvalue weighted by Crippen LogP contribution is -2.31. The second-order valence-electron chi connectivity index (χ2n) is 5.17. The molecule has 1 aromatic carbocycles. The first-order valence-corrected chi connectivity index (χ1v) is 7.81. The van der Waals surface area contributed by atoms with Crippen molar-refractivity contribution >= 4 is 29.0 Å². The van der Waals surface area contributed by atoms with Gasteiger partial charge in [-0.25, -0.2) is 0 Å². The van der Waals surface area contributed by atoms with Crippen LogP contribution in [0.4, 0.5) is 17.2 Å². The summed E-state index contributed by atoms with van der Waals surface area (Å²) in [6.45, 7) is 6.57. The van der Waals surface area contributed by atoms with Gasteiger partial charge in [0, 0.05) is 31.4 Å². The average molecular weight is 327 g/mol. The SMILES string of the molecule is CCN(CC)C(=O)c1ccc(Nc2cccc(NC(C)=O)c2)nn1. The molecule has 24 heavy (non-hydrogen) atoms. The topological polar surface area (TPSA) is 87.2 Å². The van der Waals surface area contributed by atoms with Gasteiger partial charge < -0.3 is 15.5 Å². The maximum absolute atomic E-state index is 12.2. The Hall–Kier alpha value is -2.96. The van der Waals surface area contributed by atoms with Gasteiger partial charge >= 0.3 is 0 Å². The zero-order valence-corrected chi connectivity index (χ0v) is 14.0. The summed E-state index contributed by atoms with van der Waals surface area (Å²) >= 11 is 0. The zero-order chi connectivity index (χ0) is 17.5. The van der Waals surface area contributed by atoms with Gasteiger partial charge in [-0.05, 0) is 44.2 Å². The van der Waals surface area contributed by atoms with Crippen LogP contribution in [-0.2, 0) is 4.79 Å². The van der Waals surface area contributed by atoms with E-state index in [0.717, 1.165) is 5.69 Å². The molecule has 0 aliphatic carbocycles. The quantitative estimate of drug-likeness (QED) is 0.852. The first kappa shape index (κ1) is 17.4. The summed E-state index contributed by atoms with van der Waals surface area (Å²) in [4.78, 5) is 25.0. The molecule has 126 valence electrons. The zero-order valence-electron chi connectivity index (χ0n) is 14.0. The Morgan fingerprint density at radius 2 is 1.75 bits per heavy atom. The van der Waals surface area contributed by atoms with E-state index in [1.807, 2.05) is 26.0 Å². The molecule has 7 heteroatoms. The first-order chi connectivity index (χ1) is 11.5. The number of hydrogen-bond acceptors (Lipinski definition) is 5. The van der Waals surface area contributed by atoms with E-state index < -0.39 is 0 Å². The summed E-state index contributed by atoms with van der Waals surface area (Å²) in [5.41, 5.74) is 1.77. The van der Waals surface area contributed by atoms with Crippen molar-refractivity contribution in [2.75, 3.05) is 23.7 Å². The van der Waals surface area contributed by atoms with E-state index in [4.69, 9.17) is 0 Å². The number of anilines is 3. The Balaban J connectivity index is 2.09. The number of nitrogens with one attached hydrogen (secondary N) is 2. The van der Waals surface area contributed by atoms with Gasteiger partial charge in [0.25, 0.3) is 5.91 Å². The number of carbonyl (C=O) groups is 2. The lowest BCUT2D eigenvalue weighted by molar-refractivity contribution is -0.114. The van der Waals surface area contributed by atoms with Gasteiger partial charge in [0.1, 0.15) is 0 Å². The molecule has 2 aromatic rings. The van der Waals surface area contributed by atoms with E-state index in [0.29, 0.717) is 30.3 Å². The first-order valence-electron chi connectivity index (χ1n) is 7.81. The Morgan fingerprint density at radius 1 is 1.04 bits per heavy atom. The van der Waals surface area contributed by atoms with Crippen molar-refractivity contribution in [3.8, 4) is 0 Å². The Bertz CT molecular complexity index is 711. The smallest absolute Gasteiger partial charge is 0.274 e. The van der Waals surface area contributed by atoms with E-state index in [9.17, 15) is 9.59 Å². The number of aromatic nitrogens is 2. The number of hydrogen-bond donors (Lipinski definition) is 2. The minimum Gasteiger partial charge on any atom is -0.339 e. The number of carbonyl (C=O) groups excluding carboxylic acids is 2. The van der Waals surface area contributed by atoms with E-state index in [1.54, 1.807) is 29.2 Å². The molecule has 0 saturated carbocycles. The lowest BCUT2D eigenvalue weighted by atomic mass is 10.2. The maximum Gasteiger partial charge on any atom is 0.274 e. The summed E-state index contributed by atoms with van der Waals surface area (Å²) in [5, 5.41) is 13.8. The van der Waals surface area contributed by atoms with Crippen molar-refractivity contribution in [2.24, 2.45) is 0 Å². The molecular weight excluding hydrogens is 306 g/mol. The lowest BCUT2D eigenvalue weighted by Gasteiger charge is -2.17. The molecule has 2 rings (SSSR count). The molecule has 0 unspecified atom stereocenters. The predicted molar refractivity (Wildman–Crippen MR) is 93.3 cm³/mol. The van der Waals surface area contributed by atoms with E-state index >= 15 is 0 Å². The molecule has 0 aliphatic rings. The molecule has 0 radical (unpaired) electrons. The molecule has 1 heterocycles. The van der Waals surface area contributed by atoms with E-state index in [1.165, 1.54) is 6.92 Å². The normalized spacial score (nSPS) is 10.1. The summed E-state index contributed by atoms with van der Waals surface area (Å²) in [5.74, 6) is 0.254. The van der Waals surface area contributed by atoms with Crippen LogP contribution in [0.3, 0.4) is 0 Å². The van der Waals surface area contributed by atoms with Crippen LogP contribution in [0.1, 0.15) is 31.3 Å². The second-order valence-corrected chi connectivity index (χ2v) is 5.17. The van der Waals surface area contributed by atoms with Crippen LogP contribution in [0.2, 0.25) is 0 Å². The Kier molecular flexibility index (Phi) is 5.83. The van der Waals surface area contributed by atoms with Gasteiger partial charge in [0.05, 0.1) is 0 Å². The maximum atomic E-state index is 12.2. The fourth-order valence-corrected chi connectivity index (χ4v) is 2.21. The third-order valence-electron chi connectivity index (χ3n) is 3.39. The van der Waals surface area contributed by atoms with Gasteiger partial charge in [-0.15, -0.1) is 10.2 Å². The molecule has 0 aliphatic heterocycles. The van der Waals surface area contributed by atoms with Gasteiger partial charge in [0.15, 0.2) is 11.5 Å². The molecule has 7 nitrogen and oxygen atoms in total. The molecule has 0 spiro atoms.